The number of hydrogen-bond acceptors (Lipinski definition) is 2. The van der Waals surface area contributed by atoms with Crippen LogP contribution in [-0.4, -0.2) is 34.6 Å². The molecular formula is C22H20F3NO3. The Labute approximate surface area is 165 Å². The van der Waals surface area contributed by atoms with Gasteiger partial charge in [0.15, 0.2) is 0 Å². The molecule has 152 valence electrons. The van der Waals surface area contributed by atoms with Crippen LogP contribution in [0, 0.1) is 5.41 Å². The molecule has 0 saturated heterocycles. The van der Waals surface area contributed by atoms with E-state index in [9.17, 15) is 27.9 Å². The lowest BCUT2D eigenvalue weighted by molar-refractivity contribution is -0.144. The Hall–Kier alpha value is -2.83. The first-order chi connectivity index (χ1) is 13.7. The molecule has 1 fully saturated rings. The number of aliphatic carboxylic acids is 1. The lowest BCUT2D eigenvalue weighted by atomic mass is 9.94. The lowest BCUT2D eigenvalue weighted by Gasteiger charge is -2.17. The number of nitrogens with zero attached hydrogens (tertiary/aromatic N) is 1. The van der Waals surface area contributed by atoms with Crippen LogP contribution in [-0.2, 0) is 11.3 Å². The van der Waals surface area contributed by atoms with Crippen molar-refractivity contribution in [3.8, 4) is 0 Å². The standard InChI is InChI=1S/C22H20F3NO3/c1-2-21(20(28)29)17(13-6-4-3-5-7-13)18(21)14-8-9-16-15(10-14)11-26(19(16)27)12-22(23,24)25/h3-10,17-18H,2,11-12H2,1H3,(H,28,29). The summed E-state index contributed by atoms with van der Waals surface area (Å²) in [7, 11) is 0. The summed E-state index contributed by atoms with van der Waals surface area (Å²) in [6.07, 6.45) is -4.03. The largest absolute Gasteiger partial charge is 0.481 e. The second kappa shape index (κ2) is 6.61. The predicted octanol–water partition coefficient (Wildman–Crippen LogP) is 4.57. The molecule has 0 bridgehead atoms. The molecule has 29 heavy (non-hydrogen) atoms. The van der Waals surface area contributed by atoms with E-state index in [2.05, 4.69) is 0 Å². The van der Waals surface area contributed by atoms with Crippen LogP contribution in [0.1, 0.15) is 52.2 Å². The van der Waals surface area contributed by atoms with Crippen molar-refractivity contribution in [2.75, 3.05) is 6.54 Å². The SMILES string of the molecule is CCC1(C(=O)O)C(c2ccccc2)C1c1ccc2c(c1)CN(CC(F)(F)F)C2=O. The van der Waals surface area contributed by atoms with Crippen molar-refractivity contribution in [3.05, 3.63) is 70.8 Å². The van der Waals surface area contributed by atoms with Gasteiger partial charge in [0.25, 0.3) is 5.91 Å². The first-order valence-corrected chi connectivity index (χ1v) is 9.46. The van der Waals surface area contributed by atoms with E-state index in [4.69, 9.17) is 0 Å². The number of benzene rings is 2. The third kappa shape index (κ3) is 3.09. The molecule has 2 aromatic carbocycles. The van der Waals surface area contributed by atoms with E-state index in [0.29, 0.717) is 12.0 Å². The van der Waals surface area contributed by atoms with Crippen LogP contribution < -0.4 is 0 Å². The molecule has 4 nitrogen and oxygen atoms in total. The highest BCUT2D eigenvalue weighted by atomic mass is 19.4. The first kappa shape index (κ1) is 19.5. The number of fused-ring (bicyclic) bond motifs is 1. The fraction of sp³-hybridized carbons (Fsp3) is 0.364. The summed E-state index contributed by atoms with van der Waals surface area (Å²) >= 11 is 0. The normalized spacial score (nSPS) is 25.8. The molecular weight excluding hydrogens is 383 g/mol. The molecule has 1 saturated carbocycles. The number of halogens is 3. The summed E-state index contributed by atoms with van der Waals surface area (Å²) < 4.78 is 38.2. The van der Waals surface area contributed by atoms with Gasteiger partial charge in [0, 0.05) is 23.9 Å². The highest BCUT2D eigenvalue weighted by Gasteiger charge is 2.69. The molecule has 2 aromatic rings. The van der Waals surface area contributed by atoms with Crippen molar-refractivity contribution >= 4 is 11.9 Å². The minimum Gasteiger partial charge on any atom is -0.481 e. The van der Waals surface area contributed by atoms with Crippen molar-refractivity contribution in [2.45, 2.75) is 37.9 Å². The molecule has 2 aliphatic rings. The van der Waals surface area contributed by atoms with E-state index in [1.54, 1.807) is 12.1 Å². The smallest absolute Gasteiger partial charge is 0.406 e. The fourth-order valence-electron chi connectivity index (χ4n) is 4.88. The number of carboxylic acid groups (broad SMARTS) is 1. The zero-order valence-corrected chi connectivity index (χ0v) is 15.7. The Balaban J connectivity index is 1.69. The van der Waals surface area contributed by atoms with E-state index in [0.717, 1.165) is 16.0 Å². The van der Waals surface area contributed by atoms with Gasteiger partial charge in [-0.25, -0.2) is 0 Å². The Morgan fingerprint density at radius 2 is 1.79 bits per heavy atom. The maximum Gasteiger partial charge on any atom is 0.406 e. The van der Waals surface area contributed by atoms with Gasteiger partial charge in [-0.05, 0) is 29.2 Å². The van der Waals surface area contributed by atoms with Gasteiger partial charge < -0.3 is 10.0 Å². The average Bonchev–Trinajstić information content (AvgIpc) is 3.28. The topological polar surface area (TPSA) is 57.6 Å². The van der Waals surface area contributed by atoms with Crippen LogP contribution in [0.2, 0.25) is 0 Å². The first-order valence-electron chi connectivity index (χ1n) is 9.46. The van der Waals surface area contributed by atoms with Crippen molar-refractivity contribution in [2.24, 2.45) is 5.41 Å². The molecule has 1 aliphatic carbocycles. The Morgan fingerprint density at radius 3 is 2.38 bits per heavy atom. The number of carbonyl (C=O) groups excluding carboxylic acids is 1. The fourth-order valence-corrected chi connectivity index (χ4v) is 4.88. The maximum atomic E-state index is 12.7. The van der Waals surface area contributed by atoms with E-state index < -0.39 is 30.0 Å². The molecule has 0 aromatic heterocycles. The summed E-state index contributed by atoms with van der Waals surface area (Å²) in [4.78, 5) is 25.2. The van der Waals surface area contributed by atoms with Crippen LogP contribution in [0.5, 0.6) is 0 Å². The quantitative estimate of drug-likeness (QED) is 0.796. The molecule has 1 amide bonds. The highest BCUT2D eigenvalue weighted by Crippen LogP contribution is 2.72. The predicted molar refractivity (Wildman–Crippen MR) is 99.5 cm³/mol. The maximum absolute atomic E-state index is 12.7. The summed E-state index contributed by atoms with van der Waals surface area (Å²) in [5.74, 6) is -2.02. The molecule has 3 unspecified atom stereocenters. The summed E-state index contributed by atoms with van der Waals surface area (Å²) in [6.45, 7) is 0.433. The summed E-state index contributed by atoms with van der Waals surface area (Å²) in [5.41, 5.74) is 1.50. The molecule has 0 spiro atoms. The van der Waals surface area contributed by atoms with Crippen LogP contribution >= 0.6 is 0 Å². The van der Waals surface area contributed by atoms with Gasteiger partial charge in [-0.2, -0.15) is 13.2 Å². The number of rotatable bonds is 5. The average molecular weight is 403 g/mol. The molecule has 1 N–H and O–H groups in total. The molecule has 1 aliphatic heterocycles. The Kier molecular flexibility index (Phi) is 4.44. The molecule has 1 heterocycles. The molecule has 7 heteroatoms. The van der Waals surface area contributed by atoms with Gasteiger partial charge in [-0.1, -0.05) is 49.4 Å². The second-order valence-electron chi connectivity index (χ2n) is 7.76. The van der Waals surface area contributed by atoms with Crippen molar-refractivity contribution in [1.29, 1.82) is 0 Å². The van der Waals surface area contributed by atoms with Gasteiger partial charge in [-0.3, -0.25) is 9.59 Å². The van der Waals surface area contributed by atoms with Crippen LogP contribution in [0.4, 0.5) is 13.2 Å². The monoisotopic (exact) mass is 403 g/mol. The van der Waals surface area contributed by atoms with Gasteiger partial charge >= 0.3 is 12.1 Å². The number of carbonyl (C=O) groups is 2. The number of alkyl halides is 3. The van der Waals surface area contributed by atoms with Crippen LogP contribution in [0.3, 0.4) is 0 Å². The third-order valence-corrected chi connectivity index (χ3v) is 6.21. The molecule has 4 rings (SSSR count). The highest BCUT2D eigenvalue weighted by molar-refractivity contribution is 5.98. The second-order valence-corrected chi connectivity index (χ2v) is 7.76. The van der Waals surface area contributed by atoms with E-state index in [1.165, 1.54) is 6.07 Å². The number of carboxylic acids is 1. The lowest BCUT2D eigenvalue weighted by Crippen LogP contribution is -2.34. The Morgan fingerprint density at radius 1 is 1.14 bits per heavy atom. The Bertz CT molecular complexity index is 973. The summed E-state index contributed by atoms with van der Waals surface area (Å²) in [5, 5.41) is 9.99. The molecule has 0 radical (unpaired) electrons. The van der Waals surface area contributed by atoms with Crippen molar-refractivity contribution < 1.29 is 27.9 Å². The van der Waals surface area contributed by atoms with E-state index >= 15 is 0 Å². The van der Waals surface area contributed by atoms with Gasteiger partial charge in [0.05, 0.1) is 5.41 Å². The number of amides is 1. The van der Waals surface area contributed by atoms with Crippen LogP contribution in [0.25, 0.3) is 0 Å². The zero-order chi connectivity index (χ0) is 21.0. The van der Waals surface area contributed by atoms with E-state index in [1.807, 2.05) is 37.3 Å². The summed E-state index contributed by atoms with van der Waals surface area (Å²) in [6, 6.07) is 14.3. The zero-order valence-electron chi connectivity index (χ0n) is 15.7. The van der Waals surface area contributed by atoms with Gasteiger partial charge in [0.2, 0.25) is 0 Å². The minimum atomic E-state index is -4.46. The van der Waals surface area contributed by atoms with Gasteiger partial charge in [-0.15, -0.1) is 0 Å². The van der Waals surface area contributed by atoms with Crippen molar-refractivity contribution in [1.82, 2.24) is 4.90 Å². The number of hydrogen-bond donors (Lipinski definition) is 1. The third-order valence-electron chi connectivity index (χ3n) is 6.21. The minimum absolute atomic E-state index is 0.115. The van der Waals surface area contributed by atoms with Crippen LogP contribution in [0.15, 0.2) is 48.5 Å². The molecule has 3 atom stereocenters. The van der Waals surface area contributed by atoms with Gasteiger partial charge in [0.1, 0.15) is 6.54 Å². The van der Waals surface area contributed by atoms with Crippen molar-refractivity contribution in [3.63, 3.8) is 0 Å². The van der Waals surface area contributed by atoms with E-state index in [-0.39, 0.29) is 23.9 Å².